The lowest BCUT2D eigenvalue weighted by molar-refractivity contribution is -0.384. The van der Waals surface area contributed by atoms with E-state index in [9.17, 15) is 20.2 Å². The molecule has 0 saturated carbocycles. The Hall–Kier alpha value is -4.42. The van der Waals surface area contributed by atoms with Crippen molar-refractivity contribution in [3.8, 4) is 11.8 Å². The Kier molecular flexibility index (Phi) is 7.46. The van der Waals surface area contributed by atoms with Crippen LogP contribution in [0.1, 0.15) is 47.4 Å². The first kappa shape index (κ1) is 27.2. The van der Waals surface area contributed by atoms with E-state index in [-0.39, 0.29) is 22.9 Å². The van der Waals surface area contributed by atoms with Gasteiger partial charge in [-0.1, -0.05) is 35.9 Å². The van der Waals surface area contributed by atoms with Crippen molar-refractivity contribution in [2.45, 2.75) is 45.6 Å². The molecule has 202 valence electrons. The fourth-order valence-corrected chi connectivity index (χ4v) is 5.97. The maximum Gasteiger partial charge on any atom is 0.271 e. The second kappa shape index (κ2) is 11.0. The second-order valence-electron chi connectivity index (χ2n) is 9.95. The molecule has 0 fully saturated rings. The molecule has 40 heavy (non-hydrogen) atoms. The highest BCUT2D eigenvalue weighted by Crippen LogP contribution is 2.47. The van der Waals surface area contributed by atoms with Gasteiger partial charge in [0.25, 0.3) is 5.69 Å². The third-order valence-electron chi connectivity index (χ3n) is 7.44. The van der Waals surface area contributed by atoms with E-state index in [1.54, 1.807) is 17.0 Å². The first-order valence-corrected chi connectivity index (χ1v) is 13.7. The third kappa shape index (κ3) is 4.87. The Bertz CT molecular complexity index is 1650. The number of hydrogen-bond donors (Lipinski definition) is 1. The highest BCUT2D eigenvalue weighted by molar-refractivity contribution is 9.10. The molecule has 3 aromatic carbocycles. The smallest absolute Gasteiger partial charge is 0.271 e. The number of para-hydroxylation sites is 1. The summed E-state index contributed by atoms with van der Waals surface area (Å²) in [6, 6.07) is 20.0. The van der Waals surface area contributed by atoms with Crippen LogP contribution in [-0.2, 0) is 11.4 Å². The minimum atomic E-state index is -0.648. The van der Waals surface area contributed by atoms with Gasteiger partial charge in [-0.05, 0) is 77.5 Å². The number of halogens is 1. The number of anilines is 1. The summed E-state index contributed by atoms with van der Waals surface area (Å²) in [6.45, 7) is 4.25. The van der Waals surface area contributed by atoms with Crippen LogP contribution in [0, 0.1) is 35.3 Å². The van der Waals surface area contributed by atoms with Gasteiger partial charge in [-0.25, -0.2) is 0 Å². The number of ketones is 1. The molecular weight excluding hydrogens is 572 g/mol. The van der Waals surface area contributed by atoms with E-state index in [2.05, 4.69) is 22.0 Å². The van der Waals surface area contributed by atoms with Gasteiger partial charge >= 0.3 is 0 Å². The number of nitriles is 1. The predicted octanol–water partition coefficient (Wildman–Crippen LogP) is 6.86. The number of benzene rings is 3. The summed E-state index contributed by atoms with van der Waals surface area (Å²) in [4.78, 5) is 26.2. The lowest BCUT2D eigenvalue weighted by Crippen LogP contribution is -2.39. The van der Waals surface area contributed by atoms with Gasteiger partial charge in [0.1, 0.15) is 18.2 Å². The van der Waals surface area contributed by atoms with E-state index in [4.69, 9.17) is 10.5 Å². The van der Waals surface area contributed by atoms with Crippen molar-refractivity contribution in [3.63, 3.8) is 0 Å². The molecule has 1 aliphatic heterocycles. The van der Waals surface area contributed by atoms with E-state index in [0.717, 1.165) is 26.7 Å². The Balaban J connectivity index is 1.65. The van der Waals surface area contributed by atoms with Crippen LogP contribution in [0.4, 0.5) is 11.4 Å². The molecule has 3 aromatic rings. The van der Waals surface area contributed by atoms with Crippen molar-refractivity contribution in [1.82, 2.24) is 0 Å². The average Bonchev–Trinajstić information content (AvgIpc) is 2.93. The summed E-state index contributed by atoms with van der Waals surface area (Å²) in [5, 5.41) is 21.9. The lowest BCUT2D eigenvalue weighted by Gasteiger charge is -2.40. The number of rotatable bonds is 6. The van der Waals surface area contributed by atoms with Gasteiger partial charge in [0.05, 0.1) is 32.6 Å². The van der Waals surface area contributed by atoms with Gasteiger partial charge in [0.15, 0.2) is 5.78 Å². The molecule has 0 amide bonds. The van der Waals surface area contributed by atoms with Gasteiger partial charge in [0, 0.05) is 29.8 Å². The normalized spacial score (nSPS) is 17.0. The Morgan fingerprint density at radius 3 is 2.65 bits per heavy atom. The molecule has 9 heteroatoms. The van der Waals surface area contributed by atoms with E-state index in [1.165, 1.54) is 12.1 Å². The summed E-state index contributed by atoms with van der Waals surface area (Å²) >= 11 is 3.52. The van der Waals surface area contributed by atoms with Crippen LogP contribution in [0.15, 0.2) is 87.8 Å². The summed E-state index contributed by atoms with van der Waals surface area (Å²) < 4.78 is 6.96. The monoisotopic (exact) mass is 598 g/mol. The first-order valence-electron chi connectivity index (χ1n) is 12.9. The number of nitrogens with zero attached hydrogens (tertiary/aromatic N) is 3. The first-order chi connectivity index (χ1) is 19.2. The maximum absolute atomic E-state index is 13.6. The Labute approximate surface area is 240 Å². The predicted molar refractivity (Wildman–Crippen MR) is 155 cm³/mol. The molecule has 1 atom stereocenters. The van der Waals surface area contributed by atoms with Crippen LogP contribution in [-0.4, -0.2) is 10.7 Å². The fraction of sp³-hybridized carbons (Fsp3) is 0.226. The zero-order chi connectivity index (χ0) is 28.6. The highest BCUT2D eigenvalue weighted by Gasteiger charge is 2.41. The van der Waals surface area contributed by atoms with Crippen LogP contribution in [0.5, 0.6) is 5.75 Å². The van der Waals surface area contributed by atoms with Gasteiger partial charge in [-0.2, -0.15) is 5.26 Å². The fourth-order valence-electron chi connectivity index (χ4n) is 5.57. The minimum absolute atomic E-state index is 0.0474. The van der Waals surface area contributed by atoms with E-state index >= 15 is 0 Å². The van der Waals surface area contributed by atoms with Gasteiger partial charge in [0.2, 0.25) is 0 Å². The average molecular weight is 599 g/mol. The van der Waals surface area contributed by atoms with E-state index in [0.29, 0.717) is 48.6 Å². The zero-order valence-electron chi connectivity index (χ0n) is 22.1. The molecule has 0 aromatic heterocycles. The zero-order valence-corrected chi connectivity index (χ0v) is 23.7. The van der Waals surface area contributed by atoms with Crippen molar-refractivity contribution >= 4 is 33.1 Å². The largest absolute Gasteiger partial charge is 0.488 e. The maximum atomic E-state index is 13.6. The van der Waals surface area contributed by atoms with Crippen LogP contribution in [0.2, 0.25) is 0 Å². The minimum Gasteiger partial charge on any atom is -0.488 e. The molecule has 0 saturated heterocycles. The van der Waals surface area contributed by atoms with Gasteiger partial charge in [-0.15, -0.1) is 0 Å². The number of allylic oxidation sites excluding steroid dienone is 3. The van der Waals surface area contributed by atoms with Crippen molar-refractivity contribution in [1.29, 1.82) is 5.26 Å². The lowest BCUT2D eigenvalue weighted by atomic mass is 9.73. The molecule has 1 heterocycles. The van der Waals surface area contributed by atoms with Crippen molar-refractivity contribution in [2.75, 3.05) is 4.90 Å². The number of nitrogens with two attached hydrogens (primary N) is 1. The van der Waals surface area contributed by atoms with Crippen molar-refractivity contribution < 1.29 is 14.5 Å². The number of nitro benzene ring substituents is 1. The summed E-state index contributed by atoms with van der Waals surface area (Å²) in [5.41, 5.74) is 12.1. The summed E-state index contributed by atoms with van der Waals surface area (Å²) in [5.74, 6) is 0.191. The molecule has 1 aliphatic carbocycles. The van der Waals surface area contributed by atoms with Crippen molar-refractivity contribution in [3.05, 3.63) is 120 Å². The molecule has 0 spiro atoms. The second-order valence-corrected chi connectivity index (χ2v) is 10.8. The molecule has 2 aliphatic rings. The molecule has 2 N–H and O–H groups in total. The molecule has 0 radical (unpaired) electrons. The number of hydrogen-bond acceptors (Lipinski definition) is 7. The van der Waals surface area contributed by atoms with E-state index < -0.39 is 10.8 Å². The number of aryl methyl sites for hydroxylation is 1. The van der Waals surface area contributed by atoms with Gasteiger partial charge in [-0.3, -0.25) is 19.8 Å². The number of Topliss-reactive ketones (excluding diaryl/α,β-unsaturated/α-hetero) is 1. The summed E-state index contributed by atoms with van der Waals surface area (Å²) in [6.07, 6.45) is 1.55. The number of carbonyl (C=O) groups excluding carboxylic acids is 1. The van der Waals surface area contributed by atoms with Crippen molar-refractivity contribution in [2.24, 2.45) is 5.73 Å². The number of non-ortho nitro benzene ring substituents is 1. The van der Waals surface area contributed by atoms with E-state index in [1.807, 2.05) is 50.2 Å². The number of ether oxygens (including phenoxy) is 1. The number of carbonyl (C=O) groups is 1. The standard InChI is InChI=1S/C31H27BrN4O4/c1-18-13-20(17-40-28-12-4-3-9-25(28)32)19(2)23(14-18)29-24(16-33)31(34)35(26-10-6-11-27(37)30(26)29)21-7-5-8-22(15-21)36(38)39/h3-5,7-9,12-15,29H,6,10-11,17,34H2,1-2H3. The van der Waals surface area contributed by atoms with Crippen LogP contribution in [0.25, 0.3) is 0 Å². The molecular formula is C31H27BrN4O4. The van der Waals surface area contributed by atoms with Crippen LogP contribution < -0.4 is 15.4 Å². The Morgan fingerprint density at radius 2 is 1.93 bits per heavy atom. The molecule has 0 bridgehead atoms. The Morgan fingerprint density at radius 1 is 1.15 bits per heavy atom. The SMILES string of the molecule is Cc1cc(COc2ccccc2Br)c(C)c(C2C(C#N)=C(N)N(c3cccc([N+](=O)[O-])c3)C3=C2C(=O)CCC3)c1. The molecule has 5 rings (SSSR count). The van der Waals surface area contributed by atoms with Gasteiger partial charge < -0.3 is 10.5 Å². The number of nitro groups is 1. The quantitative estimate of drug-likeness (QED) is 0.243. The molecule has 8 nitrogen and oxygen atoms in total. The third-order valence-corrected chi connectivity index (χ3v) is 8.10. The highest BCUT2D eigenvalue weighted by atomic mass is 79.9. The summed E-state index contributed by atoms with van der Waals surface area (Å²) in [7, 11) is 0. The van der Waals surface area contributed by atoms with Crippen LogP contribution >= 0.6 is 15.9 Å². The topological polar surface area (TPSA) is 122 Å². The molecule has 1 unspecified atom stereocenters. The van der Waals surface area contributed by atoms with Crippen LogP contribution in [0.3, 0.4) is 0 Å².